The molecule has 0 saturated carbocycles. The molecule has 26 heavy (non-hydrogen) atoms. The summed E-state index contributed by atoms with van der Waals surface area (Å²) in [5.41, 5.74) is 1.57. The van der Waals surface area contributed by atoms with Crippen molar-refractivity contribution in [2.75, 3.05) is 6.61 Å². The average molecular weight is 350 g/mol. The van der Waals surface area contributed by atoms with Crippen molar-refractivity contribution in [3.63, 3.8) is 0 Å². The molecule has 0 bridgehead atoms. The number of nitrogens with one attached hydrogen (secondary N) is 1. The first-order valence-corrected chi connectivity index (χ1v) is 8.63. The Kier molecular flexibility index (Phi) is 5.07. The number of rotatable bonds is 5. The molecule has 1 N–H and O–H groups in total. The third kappa shape index (κ3) is 3.47. The molecule has 0 aliphatic carbocycles. The highest BCUT2D eigenvalue weighted by molar-refractivity contribution is 5.97. The SMILES string of the molecule is CCOc1ccc2c(c1)c(=O)c(C(=O)N[C@@H](C)c1ccccc1)cn2C. The number of benzene rings is 2. The van der Waals surface area contributed by atoms with E-state index in [2.05, 4.69) is 5.32 Å². The fourth-order valence-electron chi connectivity index (χ4n) is 2.99. The number of hydrogen-bond donors (Lipinski definition) is 1. The second-order valence-electron chi connectivity index (χ2n) is 6.20. The summed E-state index contributed by atoms with van der Waals surface area (Å²) in [6, 6.07) is 14.8. The molecule has 0 aliphatic heterocycles. The lowest BCUT2D eigenvalue weighted by Crippen LogP contribution is -2.31. The molecule has 1 atom stereocenters. The highest BCUT2D eigenvalue weighted by Crippen LogP contribution is 2.19. The minimum absolute atomic E-state index is 0.122. The summed E-state index contributed by atoms with van der Waals surface area (Å²) in [5.74, 6) is 0.234. The lowest BCUT2D eigenvalue weighted by molar-refractivity contribution is 0.0938. The Morgan fingerprint density at radius 3 is 2.62 bits per heavy atom. The quantitative estimate of drug-likeness (QED) is 0.767. The predicted octanol–water partition coefficient (Wildman–Crippen LogP) is 3.43. The van der Waals surface area contributed by atoms with Crippen molar-refractivity contribution in [3.05, 3.63) is 76.1 Å². The summed E-state index contributed by atoms with van der Waals surface area (Å²) in [4.78, 5) is 25.6. The second kappa shape index (κ2) is 7.44. The van der Waals surface area contributed by atoms with E-state index in [1.54, 1.807) is 16.8 Å². The molecule has 3 aromatic rings. The Morgan fingerprint density at radius 2 is 1.92 bits per heavy atom. The Bertz CT molecular complexity index is 993. The molecular weight excluding hydrogens is 328 g/mol. The van der Waals surface area contributed by atoms with Crippen LogP contribution in [-0.2, 0) is 7.05 Å². The van der Waals surface area contributed by atoms with Gasteiger partial charge in [-0.1, -0.05) is 30.3 Å². The highest BCUT2D eigenvalue weighted by Gasteiger charge is 2.17. The zero-order valence-electron chi connectivity index (χ0n) is 15.2. The van der Waals surface area contributed by atoms with Gasteiger partial charge in [0.05, 0.1) is 23.6 Å². The van der Waals surface area contributed by atoms with E-state index in [4.69, 9.17) is 4.74 Å². The van der Waals surface area contributed by atoms with Crippen LogP contribution >= 0.6 is 0 Å². The first-order valence-electron chi connectivity index (χ1n) is 8.63. The van der Waals surface area contributed by atoms with Crippen LogP contribution in [0.2, 0.25) is 0 Å². The average Bonchev–Trinajstić information content (AvgIpc) is 2.65. The number of amides is 1. The van der Waals surface area contributed by atoms with Crippen LogP contribution in [0.1, 0.15) is 35.8 Å². The van der Waals surface area contributed by atoms with Gasteiger partial charge in [-0.3, -0.25) is 9.59 Å². The van der Waals surface area contributed by atoms with Crippen LogP contribution in [0, 0.1) is 0 Å². The van der Waals surface area contributed by atoms with Crippen LogP contribution in [0.4, 0.5) is 0 Å². The standard InChI is InChI=1S/C21H22N2O3/c1-4-26-16-10-11-19-17(12-16)20(24)18(13-23(19)3)21(25)22-14(2)15-8-6-5-7-9-15/h5-14H,4H2,1-3H3,(H,22,25)/t14-/m0/s1. The monoisotopic (exact) mass is 350 g/mol. The van der Waals surface area contributed by atoms with Crippen LogP contribution in [0.5, 0.6) is 5.75 Å². The van der Waals surface area contributed by atoms with Gasteiger partial charge in [0.2, 0.25) is 5.43 Å². The van der Waals surface area contributed by atoms with Crippen LogP contribution in [-0.4, -0.2) is 17.1 Å². The first-order chi connectivity index (χ1) is 12.5. The van der Waals surface area contributed by atoms with Crippen molar-refractivity contribution < 1.29 is 9.53 Å². The molecule has 2 aromatic carbocycles. The first kappa shape index (κ1) is 17.7. The lowest BCUT2D eigenvalue weighted by Gasteiger charge is -2.15. The third-order valence-corrected chi connectivity index (χ3v) is 4.36. The van der Waals surface area contributed by atoms with Crippen LogP contribution in [0.3, 0.4) is 0 Å². The molecule has 0 fully saturated rings. The normalized spacial score (nSPS) is 12.0. The molecule has 5 nitrogen and oxygen atoms in total. The number of carbonyl (C=O) groups is 1. The van der Waals surface area contributed by atoms with E-state index in [-0.39, 0.29) is 22.9 Å². The van der Waals surface area contributed by atoms with Gasteiger partial charge in [0.15, 0.2) is 0 Å². The van der Waals surface area contributed by atoms with Gasteiger partial charge < -0.3 is 14.6 Å². The Morgan fingerprint density at radius 1 is 1.19 bits per heavy atom. The van der Waals surface area contributed by atoms with Gasteiger partial charge >= 0.3 is 0 Å². The Labute approximate surface area is 152 Å². The van der Waals surface area contributed by atoms with E-state index < -0.39 is 0 Å². The fraction of sp³-hybridized carbons (Fsp3) is 0.238. The van der Waals surface area contributed by atoms with E-state index in [0.717, 1.165) is 11.1 Å². The van der Waals surface area contributed by atoms with Crippen LogP contribution in [0.25, 0.3) is 10.9 Å². The van der Waals surface area contributed by atoms with Gasteiger partial charge in [-0.2, -0.15) is 0 Å². The Hall–Kier alpha value is -3.08. The van der Waals surface area contributed by atoms with E-state index in [1.807, 2.05) is 63.4 Å². The summed E-state index contributed by atoms with van der Waals surface area (Å²) < 4.78 is 7.27. The largest absolute Gasteiger partial charge is 0.494 e. The second-order valence-corrected chi connectivity index (χ2v) is 6.20. The molecule has 0 aliphatic rings. The van der Waals surface area contributed by atoms with Crippen molar-refractivity contribution in [3.8, 4) is 5.75 Å². The predicted molar refractivity (Wildman–Crippen MR) is 103 cm³/mol. The topological polar surface area (TPSA) is 60.3 Å². The van der Waals surface area contributed by atoms with Crippen LogP contribution < -0.4 is 15.5 Å². The van der Waals surface area contributed by atoms with E-state index in [0.29, 0.717) is 17.7 Å². The Balaban J connectivity index is 1.97. The van der Waals surface area contributed by atoms with Crippen molar-refractivity contribution in [2.45, 2.75) is 19.9 Å². The molecule has 1 amide bonds. The molecule has 5 heteroatoms. The van der Waals surface area contributed by atoms with Crippen molar-refractivity contribution >= 4 is 16.8 Å². The van der Waals surface area contributed by atoms with Gasteiger partial charge in [-0.15, -0.1) is 0 Å². The summed E-state index contributed by atoms with van der Waals surface area (Å²) in [5, 5.41) is 3.37. The summed E-state index contributed by atoms with van der Waals surface area (Å²) in [7, 11) is 1.82. The van der Waals surface area contributed by atoms with Crippen molar-refractivity contribution in [2.24, 2.45) is 7.05 Å². The zero-order valence-corrected chi connectivity index (χ0v) is 15.2. The minimum Gasteiger partial charge on any atom is -0.494 e. The number of pyridine rings is 1. The molecule has 134 valence electrons. The molecular formula is C21H22N2O3. The van der Waals surface area contributed by atoms with Gasteiger partial charge in [-0.05, 0) is 37.6 Å². The van der Waals surface area contributed by atoms with Gasteiger partial charge in [0.25, 0.3) is 5.91 Å². The summed E-state index contributed by atoms with van der Waals surface area (Å²) in [6.07, 6.45) is 1.58. The number of ether oxygens (including phenoxy) is 1. The molecule has 0 radical (unpaired) electrons. The summed E-state index contributed by atoms with van der Waals surface area (Å²) >= 11 is 0. The zero-order chi connectivity index (χ0) is 18.7. The van der Waals surface area contributed by atoms with E-state index in [1.165, 1.54) is 0 Å². The van der Waals surface area contributed by atoms with E-state index in [9.17, 15) is 9.59 Å². The van der Waals surface area contributed by atoms with Crippen LogP contribution in [0.15, 0.2) is 59.5 Å². The number of nitrogens with zero attached hydrogens (tertiary/aromatic N) is 1. The van der Waals surface area contributed by atoms with Gasteiger partial charge in [0, 0.05) is 13.2 Å². The van der Waals surface area contributed by atoms with E-state index >= 15 is 0 Å². The molecule has 1 heterocycles. The summed E-state index contributed by atoms with van der Waals surface area (Å²) in [6.45, 7) is 4.30. The van der Waals surface area contributed by atoms with Gasteiger partial charge in [-0.25, -0.2) is 0 Å². The minimum atomic E-state index is -0.384. The molecule has 3 rings (SSSR count). The number of hydrogen-bond acceptors (Lipinski definition) is 3. The fourth-order valence-corrected chi connectivity index (χ4v) is 2.99. The molecule has 0 saturated heterocycles. The number of carbonyl (C=O) groups excluding carboxylic acids is 1. The third-order valence-electron chi connectivity index (χ3n) is 4.36. The maximum absolute atomic E-state index is 12.9. The number of aromatic nitrogens is 1. The molecule has 0 spiro atoms. The molecule has 0 unspecified atom stereocenters. The van der Waals surface area contributed by atoms with Gasteiger partial charge in [0.1, 0.15) is 11.3 Å². The van der Waals surface area contributed by atoms with Crippen molar-refractivity contribution in [1.29, 1.82) is 0 Å². The maximum Gasteiger partial charge on any atom is 0.257 e. The molecule has 1 aromatic heterocycles. The maximum atomic E-state index is 12.9. The van der Waals surface area contributed by atoms with Crippen molar-refractivity contribution in [1.82, 2.24) is 9.88 Å². The smallest absolute Gasteiger partial charge is 0.257 e. The number of fused-ring (bicyclic) bond motifs is 1. The lowest BCUT2D eigenvalue weighted by atomic mass is 10.1. The highest BCUT2D eigenvalue weighted by atomic mass is 16.5. The number of aryl methyl sites for hydroxylation is 1.